The number of nitrogens with zero attached hydrogens (tertiary/aromatic N) is 5. The second-order valence-corrected chi connectivity index (χ2v) is 7.81. The molecule has 1 aromatic carbocycles. The van der Waals surface area contributed by atoms with Gasteiger partial charge in [-0.15, -0.1) is 10.2 Å². The Labute approximate surface area is 172 Å². The normalized spacial score (nSPS) is 15.9. The van der Waals surface area contributed by atoms with Crippen LogP contribution in [0.5, 0.6) is 0 Å². The Balaban J connectivity index is 1.62. The van der Waals surface area contributed by atoms with Crippen LogP contribution in [0.2, 0.25) is 0 Å². The zero-order chi connectivity index (χ0) is 21.6. The Morgan fingerprint density at radius 3 is 2.77 bits per heavy atom. The zero-order valence-corrected chi connectivity index (χ0v) is 17.4. The van der Waals surface area contributed by atoms with E-state index in [9.17, 15) is 14.0 Å². The molecule has 3 heterocycles. The monoisotopic (exact) mass is 410 g/mol. The molecule has 1 unspecified atom stereocenters. The quantitative estimate of drug-likeness (QED) is 0.714. The molecule has 0 aliphatic carbocycles. The fourth-order valence-corrected chi connectivity index (χ4v) is 3.94. The number of H-pyrrole nitrogens is 1. The van der Waals surface area contributed by atoms with Crippen LogP contribution in [0, 0.1) is 26.6 Å². The van der Waals surface area contributed by atoms with E-state index in [4.69, 9.17) is 0 Å². The standard InChI is InChI=1S/C21H23FN6O2/c1-11-9-27(10-19-25-23-14(4)28(11)19)21(30)16-7-15(5-6-17(16)22)8-18-12(2)13(3)20(29)26-24-18/h5-7,11H,8-10H2,1-4H3,(H,26,29). The number of nitrogens with one attached hydrogen (secondary N) is 1. The molecule has 8 nitrogen and oxygen atoms in total. The second kappa shape index (κ2) is 7.47. The topological polar surface area (TPSA) is 96.8 Å². The van der Waals surface area contributed by atoms with Crippen LogP contribution in [0.4, 0.5) is 4.39 Å². The van der Waals surface area contributed by atoms with Crippen molar-refractivity contribution < 1.29 is 9.18 Å². The first-order valence-electron chi connectivity index (χ1n) is 9.79. The van der Waals surface area contributed by atoms with E-state index in [1.165, 1.54) is 6.07 Å². The minimum atomic E-state index is -0.568. The molecular weight excluding hydrogens is 387 g/mol. The van der Waals surface area contributed by atoms with Crippen molar-refractivity contribution in [1.29, 1.82) is 0 Å². The number of aryl methyl sites for hydroxylation is 1. The molecule has 0 fully saturated rings. The Hall–Kier alpha value is -3.36. The van der Waals surface area contributed by atoms with E-state index in [1.54, 1.807) is 24.0 Å². The molecule has 3 aromatic rings. The summed E-state index contributed by atoms with van der Waals surface area (Å²) >= 11 is 0. The number of halogens is 1. The van der Waals surface area contributed by atoms with Crippen LogP contribution in [0.15, 0.2) is 23.0 Å². The number of carbonyl (C=O) groups is 1. The number of carbonyl (C=O) groups excluding carboxylic acids is 1. The number of benzene rings is 1. The third-order valence-electron chi connectivity index (χ3n) is 5.74. The van der Waals surface area contributed by atoms with E-state index in [0.717, 1.165) is 17.0 Å². The third-order valence-corrected chi connectivity index (χ3v) is 5.74. The maximum Gasteiger partial charge on any atom is 0.267 e. The highest BCUT2D eigenvalue weighted by Gasteiger charge is 2.30. The number of fused-ring (bicyclic) bond motifs is 1. The molecule has 30 heavy (non-hydrogen) atoms. The highest BCUT2D eigenvalue weighted by Crippen LogP contribution is 2.24. The van der Waals surface area contributed by atoms with E-state index in [1.807, 2.05) is 25.3 Å². The summed E-state index contributed by atoms with van der Waals surface area (Å²) in [5.74, 6) is 0.550. The summed E-state index contributed by atoms with van der Waals surface area (Å²) in [5.41, 5.74) is 2.60. The van der Waals surface area contributed by atoms with Crippen LogP contribution >= 0.6 is 0 Å². The number of rotatable bonds is 3. The zero-order valence-electron chi connectivity index (χ0n) is 17.4. The van der Waals surface area contributed by atoms with Gasteiger partial charge in [0, 0.05) is 18.5 Å². The van der Waals surface area contributed by atoms with E-state index in [-0.39, 0.29) is 29.6 Å². The summed E-state index contributed by atoms with van der Waals surface area (Å²) < 4.78 is 16.6. The summed E-state index contributed by atoms with van der Waals surface area (Å²) in [5, 5.41) is 14.8. The minimum Gasteiger partial charge on any atom is -0.329 e. The van der Waals surface area contributed by atoms with Crippen molar-refractivity contribution in [3.8, 4) is 0 Å². The average Bonchev–Trinajstić information content (AvgIpc) is 3.10. The number of hydrogen-bond acceptors (Lipinski definition) is 5. The van der Waals surface area contributed by atoms with Gasteiger partial charge in [-0.25, -0.2) is 9.49 Å². The lowest BCUT2D eigenvalue weighted by Gasteiger charge is -2.32. The van der Waals surface area contributed by atoms with Crippen molar-refractivity contribution >= 4 is 5.91 Å². The van der Waals surface area contributed by atoms with E-state index >= 15 is 0 Å². The van der Waals surface area contributed by atoms with Gasteiger partial charge in [0.05, 0.1) is 23.8 Å². The fourth-order valence-electron chi connectivity index (χ4n) is 3.94. The van der Waals surface area contributed by atoms with Gasteiger partial charge in [-0.05, 0) is 51.0 Å². The maximum atomic E-state index is 14.6. The van der Waals surface area contributed by atoms with E-state index in [0.29, 0.717) is 30.0 Å². The summed E-state index contributed by atoms with van der Waals surface area (Å²) in [4.78, 5) is 26.4. The van der Waals surface area contributed by atoms with Crippen LogP contribution < -0.4 is 5.56 Å². The van der Waals surface area contributed by atoms with Crippen molar-refractivity contribution in [2.24, 2.45) is 0 Å². The van der Waals surface area contributed by atoms with Crippen molar-refractivity contribution in [1.82, 2.24) is 29.9 Å². The summed E-state index contributed by atoms with van der Waals surface area (Å²) in [6, 6.07) is 4.51. The Bertz CT molecular complexity index is 1200. The summed E-state index contributed by atoms with van der Waals surface area (Å²) in [6.07, 6.45) is 0.383. The van der Waals surface area contributed by atoms with Crippen molar-refractivity contribution in [2.45, 2.75) is 46.7 Å². The summed E-state index contributed by atoms with van der Waals surface area (Å²) in [6.45, 7) is 8.16. The van der Waals surface area contributed by atoms with Crippen LogP contribution in [0.25, 0.3) is 0 Å². The molecule has 4 rings (SSSR count). The molecule has 0 saturated heterocycles. The van der Waals surface area contributed by atoms with Gasteiger partial charge in [0.15, 0.2) is 5.82 Å². The average molecular weight is 410 g/mol. The molecule has 1 N–H and O–H groups in total. The fraction of sp³-hybridized carbons (Fsp3) is 0.381. The van der Waals surface area contributed by atoms with Crippen LogP contribution in [-0.4, -0.2) is 42.3 Å². The highest BCUT2D eigenvalue weighted by molar-refractivity contribution is 5.94. The Kier molecular flexibility index (Phi) is 4.97. The molecular formula is C21H23FN6O2. The van der Waals surface area contributed by atoms with Gasteiger partial charge < -0.3 is 9.47 Å². The molecule has 0 bridgehead atoms. The molecule has 0 radical (unpaired) electrons. The van der Waals surface area contributed by atoms with E-state index in [2.05, 4.69) is 20.4 Å². The molecule has 1 atom stereocenters. The molecule has 0 spiro atoms. The molecule has 1 amide bonds. The predicted octanol–water partition coefficient (Wildman–Crippen LogP) is 2.23. The lowest BCUT2D eigenvalue weighted by atomic mass is 10.0. The van der Waals surface area contributed by atoms with Gasteiger partial charge in [-0.3, -0.25) is 9.59 Å². The molecule has 156 valence electrons. The highest BCUT2D eigenvalue weighted by atomic mass is 19.1. The summed E-state index contributed by atoms with van der Waals surface area (Å²) in [7, 11) is 0. The van der Waals surface area contributed by atoms with Gasteiger partial charge in [0.25, 0.3) is 11.5 Å². The Morgan fingerprint density at radius 1 is 1.23 bits per heavy atom. The SMILES string of the molecule is Cc1c(Cc2ccc(F)c(C(=O)N3Cc4nnc(C)n4C(C)C3)c2)n[nH]c(=O)c1C. The molecule has 1 aliphatic heterocycles. The van der Waals surface area contributed by atoms with Crippen LogP contribution in [-0.2, 0) is 13.0 Å². The van der Waals surface area contributed by atoms with E-state index < -0.39 is 5.82 Å². The van der Waals surface area contributed by atoms with Crippen molar-refractivity contribution in [3.05, 3.63) is 74.0 Å². The first-order valence-corrected chi connectivity index (χ1v) is 9.79. The van der Waals surface area contributed by atoms with Gasteiger partial charge in [0.1, 0.15) is 11.6 Å². The first kappa shape index (κ1) is 19.9. The number of hydrogen-bond donors (Lipinski definition) is 1. The van der Waals surface area contributed by atoms with Crippen LogP contribution in [0.1, 0.15) is 57.4 Å². The lowest BCUT2D eigenvalue weighted by Crippen LogP contribution is -2.41. The smallest absolute Gasteiger partial charge is 0.267 e. The second-order valence-electron chi connectivity index (χ2n) is 7.81. The number of aromatic nitrogens is 5. The van der Waals surface area contributed by atoms with Crippen LogP contribution in [0.3, 0.4) is 0 Å². The number of amides is 1. The van der Waals surface area contributed by atoms with Gasteiger partial charge >= 0.3 is 0 Å². The van der Waals surface area contributed by atoms with Crippen molar-refractivity contribution in [3.63, 3.8) is 0 Å². The van der Waals surface area contributed by atoms with Gasteiger partial charge in [-0.2, -0.15) is 5.10 Å². The maximum absolute atomic E-state index is 14.6. The molecule has 2 aromatic heterocycles. The Morgan fingerprint density at radius 2 is 2.00 bits per heavy atom. The predicted molar refractivity (Wildman–Crippen MR) is 108 cm³/mol. The minimum absolute atomic E-state index is 0.00918. The largest absolute Gasteiger partial charge is 0.329 e. The van der Waals surface area contributed by atoms with Crippen molar-refractivity contribution in [2.75, 3.05) is 6.54 Å². The molecule has 9 heteroatoms. The van der Waals surface area contributed by atoms with Gasteiger partial charge in [0.2, 0.25) is 0 Å². The third kappa shape index (κ3) is 3.40. The van der Waals surface area contributed by atoms with Gasteiger partial charge in [-0.1, -0.05) is 6.07 Å². The lowest BCUT2D eigenvalue weighted by molar-refractivity contribution is 0.0675. The first-order chi connectivity index (χ1) is 14.3. The molecule has 0 saturated carbocycles. The number of aromatic amines is 1. The molecule has 1 aliphatic rings.